The molecule has 3 rings (SSSR count). The number of nitrogens with zero attached hydrogens (tertiary/aromatic N) is 2. The molecule has 0 aliphatic carbocycles. The van der Waals surface area contributed by atoms with Crippen LogP contribution in [0.2, 0.25) is 5.02 Å². The first kappa shape index (κ1) is 17.6. The van der Waals surface area contributed by atoms with Gasteiger partial charge >= 0.3 is 0 Å². The number of aromatic amines is 1. The highest BCUT2D eigenvalue weighted by atomic mass is 35.5. The SMILES string of the molecule is COc1ccccc1-c1cc(C(=O)NN=Cc2c(F)cccc2Cl)[nH]n1. The zero-order valence-corrected chi connectivity index (χ0v) is 14.4. The Balaban J connectivity index is 1.74. The first-order chi connectivity index (χ1) is 12.6. The van der Waals surface area contributed by atoms with Crippen molar-refractivity contribution in [1.82, 2.24) is 15.6 Å². The van der Waals surface area contributed by atoms with Crippen LogP contribution in [0.1, 0.15) is 16.1 Å². The number of aromatic nitrogens is 2. The molecule has 132 valence electrons. The van der Waals surface area contributed by atoms with Gasteiger partial charge in [0, 0.05) is 11.1 Å². The third kappa shape index (κ3) is 3.73. The molecule has 6 nitrogen and oxygen atoms in total. The predicted octanol–water partition coefficient (Wildman–Crippen LogP) is 3.64. The number of amides is 1. The Hall–Kier alpha value is -3.19. The summed E-state index contributed by atoms with van der Waals surface area (Å²) in [6.45, 7) is 0. The van der Waals surface area contributed by atoms with Crippen LogP contribution in [0, 0.1) is 5.82 Å². The number of para-hydroxylation sites is 1. The molecule has 0 saturated heterocycles. The lowest BCUT2D eigenvalue weighted by Crippen LogP contribution is -2.18. The lowest BCUT2D eigenvalue weighted by atomic mass is 10.1. The summed E-state index contributed by atoms with van der Waals surface area (Å²) in [5.41, 5.74) is 3.88. The summed E-state index contributed by atoms with van der Waals surface area (Å²) in [5, 5.41) is 10.7. The Morgan fingerprint density at radius 2 is 2.12 bits per heavy atom. The van der Waals surface area contributed by atoms with Crippen LogP contribution in [-0.4, -0.2) is 29.4 Å². The number of halogens is 2. The third-order valence-corrected chi connectivity index (χ3v) is 3.89. The van der Waals surface area contributed by atoms with Crippen LogP contribution >= 0.6 is 11.6 Å². The van der Waals surface area contributed by atoms with E-state index in [1.165, 1.54) is 18.2 Å². The molecular weight excluding hydrogens is 359 g/mol. The molecule has 0 radical (unpaired) electrons. The summed E-state index contributed by atoms with van der Waals surface area (Å²) in [6, 6.07) is 13.1. The minimum atomic E-state index is -0.532. The van der Waals surface area contributed by atoms with Crippen molar-refractivity contribution in [2.24, 2.45) is 5.10 Å². The second-order valence-electron chi connectivity index (χ2n) is 5.20. The van der Waals surface area contributed by atoms with Crippen LogP contribution in [0.5, 0.6) is 5.75 Å². The number of hydrogen-bond acceptors (Lipinski definition) is 4. The van der Waals surface area contributed by atoms with E-state index in [-0.39, 0.29) is 16.3 Å². The quantitative estimate of drug-likeness (QED) is 0.530. The van der Waals surface area contributed by atoms with Gasteiger partial charge in [0.05, 0.1) is 24.0 Å². The zero-order valence-electron chi connectivity index (χ0n) is 13.7. The fourth-order valence-electron chi connectivity index (χ4n) is 2.28. The Morgan fingerprint density at radius 3 is 2.88 bits per heavy atom. The first-order valence-corrected chi connectivity index (χ1v) is 7.94. The monoisotopic (exact) mass is 372 g/mol. The third-order valence-electron chi connectivity index (χ3n) is 3.56. The molecule has 8 heteroatoms. The summed E-state index contributed by atoms with van der Waals surface area (Å²) in [7, 11) is 1.56. The number of hydrazone groups is 1. The molecule has 0 aliphatic rings. The normalized spacial score (nSPS) is 10.9. The van der Waals surface area contributed by atoms with E-state index in [0.29, 0.717) is 11.4 Å². The number of methoxy groups -OCH3 is 1. The van der Waals surface area contributed by atoms with Crippen molar-refractivity contribution in [3.63, 3.8) is 0 Å². The maximum atomic E-state index is 13.6. The van der Waals surface area contributed by atoms with Gasteiger partial charge in [0.2, 0.25) is 0 Å². The molecule has 0 atom stereocenters. The molecule has 0 aliphatic heterocycles. The van der Waals surface area contributed by atoms with Gasteiger partial charge < -0.3 is 4.74 Å². The molecular formula is C18H14ClFN4O2. The molecule has 3 aromatic rings. The lowest BCUT2D eigenvalue weighted by Gasteiger charge is -2.04. The second kappa shape index (κ2) is 7.79. The lowest BCUT2D eigenvalue weighted by molar-refractivity contribution is 0.0950. The van der Waals surface area contributed by atoms with Gasteiger partial charge in [-0.15, -0.1) is 0 Å². The molecule has 1 aromatic heterocycles. The van der Waals surface area contributed by atoms with E-state index in [4.69, 9.17) is 16.3 Å². The zero-order chi connectivity index (χ0) is 18.5. The van der Waals surface area contributed by atoms with Gasteiger partial charge in [0.25, 0.3) is 5.91 Å². The van der Waals surface area contributed by atoms with E-state index < -0.39 is 11.7 Å². The van der Waals surface area contributed by atoms with E-state index >= 15 is 0 Å². The van der Waals surface area contributed by atoms with Gasteiger partial charge in [-0.2, -0.15) is 10.2 Å². The fourth-order valence-corrected chi connectivity index (χ4v) is 2.49. The maximum absolute atomic E-state index is 13.6. The minimum Gasteiger partial charge on any atom is -0.496 e. The number of rotatable bonds is 5. The number of H-pyrrole nitrogens is 1. The van der Waals surface area contributed by atoms with Crippen LogP contribution in [-0.2, 0) is 0 Å². The van der Waals surface area contributed by atoms with Crippen molar-refractivity contribution in [1.29, 1.82) is 0 Å². The molecule has 0 fully saturated rings. The topological polar surface area (TPSA) is 79.4 Å². The Kier molecular flexibility index (Phi) is 5.28. The van der Waals surface area contributed by atoms with E-state index in [1.54, 1.807) is 19.2 Å². The van der Waals surface area contributed by atoms with Gasteiger partial charge in [0.1, 0.15) is 17.3 Å². The highest BCUT2D eigenvalue weighted by Crippen LogP contribution is 2.28. The maximum Gasteiger partial charge on any atom is 0.289 e. The first-order valence-electron chi connectivity index (χ1n) is 7.56. The number of carbonyl (C=O) groups is 1. The molecule has 2 N–H and O–H groups in total. The van der Waals surface area contributed by atoms with Gasteiger partial charge in [0.15, 0.2) is 0 Å². The molecule has 1 heterocycles. The van der Waals surface area contributed by atoms with Crippen molar-refractivity contribution in [3.05, 3.63) is 70.6 Å². The van der Waals surface area contributed by atoms with Gasteiger partial charge in [-0.1, -0.05) is 29.8 Å². The number of benzene rings is 2. The Bertz CT molecular complexity index is 951. The van der Waals surface area contributed by atoms with Crippen LogP contribution in [0.15, 0.2) is 53.6 Å². The molecule has 0 unspecified atom stereocenters. The van der Waals surface area contributed by atoms with E-state index in [1.807, 2.05) is 18.2 Å². The van der Waals surface area contributed by atoms with Crippen molar-refractivity contribution in [3.8, 4) is 17.0 Å². The number of carbonyl (C=O) groups excluding carboxylic acids is 1. The van der Waals surface area contributed by atoms with Crippen LogP contribution < -0.4 is 10.2 Å². The van der Waals surface area contributed by atoms with Crippen LogP contribution in [0.25, 0.3) is 11.3 Å². The number of hydrogen-bond donors (Lipinski definition) is 2. The average Bonchev–Trinajstić information content (AvgIpc) is 3.14. The van der Waals surface area contributed by atoms with Crippen molar-refractivity contribution >= 4 is 23.7 Å². The summed E-state index contributed by atoms with van der Waals surface area (Å²) in [5.74, 6) is -0.420. The Labute approximate surface area is 153 Å². The molecule has 0 bridgehead atoms. The van der Waals surface area contributed by atoms with Gasteiger partial charge in [-0.05, 0) is 30.3 Å². The molecule has 2 aromatic carbocycles. The average molecular weight is 373 g/mol. The number of ether oxygens (including phenoxy) is 1. The van der Waals surface area contributed by atoms with E-state index in [2.05, 4.69) is 20.7 Å². The van der Waals surface area contributed by atoms with Crippen LogP contribution in [0.4, 0.5) is 4.39 Å². The fraction of sp³-hybridized carbons (Fsp3) is 0.0556. The smallest absolute Gasteiger partial charge is 0.289 e. The highest BCUT2D eigenvalue weighted by molar-refractivity contribution is 6.33. The van der Waals surface area contributed by atoms with E-state index in [0.717, 1.165) is 11.8 Å². The molecule has 26 heavy (non-hydrogen) atoms. The highest BCUT2D eigenvalue weighted by Gasteiger charge is 2.13. The molecule has 0 saturated carbocycles. The summed E-state index contributed by atoms with van der Waals surface area (Å²) in [6.07, 6.45) is 1.15. The van der Waals surface area contributed by atoms with Crippen molar-refractivity contribution < 1.29 is 13.9 Å². The van der Waals surface area contributed by atoms with E-state index in [9.17, 15) is 9.18 Å². The summed E-state index contributed by atoms with van der Waals surface area (Å²) in [4.78, 5) is 12.1. The van der Waals surface area contributed by atoms with Gasteiger partial charge in [-0.25, -0.2) is 9.82 Å². The van der Waals surface area contributed by atoms with Gasteiger partial charge in [-0.3, -0.25) is 9.89 Å². The molecule has 1 amide bonds. The standard InChI is InChI=1S/C18H14ClFN4O2/c1-26-17-8-3-2-5-11(17)15-9-16(23-22-15)18(25)24-21-10-12-13(19)6-4-7-14(12)20/h2-10H,1H3,(H,22,23)(H,24,25). The van der Waals surface area contributed by atoms with Crippen molar-refractivity contribution in [2.45, 2.75) is 0 Å². The predicted molar refractivity (Wildman–Crippen MR) is 97.0 cm³/mol. The van der Waals surface area contributed by atoms with Crippen LogP contribution in [0.3, 0.4) is 0 Å². The summed E-state index contributed by atoms with van der Waals surface area (Å²) < 4.78 is 18.9. The number of nitrogens with one attached hydrogen (secondary N) is 2. The minimum absolute atomic E-state index is 0.0915. The second-order valence-corrected chi connectivity index (χ2v) is 5.61. The Morgan fingerprint density at radius 1 is 1.31 bits per heavy atom. The van der Waals surface area contributed by atoms with Crippen molar-refractivity contribution in [2.75, 3.05) is 7.11 Å². The molecule has 0 spiro atoms. The summed E-state index contributed by atoms with van der Waals surface area (Å²) >= 11 is 5.89. The largest absolute Gasteiger partial charge is 0.496 e.